The predicted octanol–water partition coefficient (Wildman–Crippen LogP) is 0.108. The first-order valence-corrected chi connectivity index (χ1v) is 7.55. The van der Waals surface area contributed by atoms with Crippen molar-refractivity contribution in [3.63, 3.8) is 0 Å². The van der Waals surface area contributed by atoms with Gasteiger partial charge in [0, 0.05) is 41.4 Å². The summed E-state index contributed by atoms with van der Waals surface area (Å²) in [7, 11) is -0.704. The maximum atomic E-state index is 12.2. The van der Waals surface area contributed by atoms with E-state index in [4.69, 9.17) is 0 Å². The zero-order chi connectivity index (χ0) is 11.5. The van der Waals surface area contributed by atoms with Crippen molar-refractivity contribution >= 4 is 16.7 Å². The van der Waals surface area contributed by atoms with Gasteiger partial charge >= 0.3 is 0 Å². The van der Waals surface area contributed by atoms with E-state index in [1.54, 1.807) is 0 Å². The number of carbonyl (C=O) groups is 1. The van der Waals surface area contributed by atoms with Gasteiger partial charge in [0.2, 0.25) is 5.91 Å². The Labute approximate surface area is 99.2 Å². The second-order valence-electron chi connectivity index (χ2n) is 4.72. The van der Waals surface area contributed by atoms with E-state index < -0.39 is 10.8 Å². The van der Waals surface area contributed by atoms with Gasteiger partial charge in [-0.25, -0.2) is 0 Å². The van der Waals surface area contributed by atoms with Gasteiger partial charge in [0.1, 0.15) is 0 Å². The molecular weight excluding hydrogens is 224 g/mol. The van der Waals surface area contributed by atoms with Crippen LogP contribution in [0.4, 0.5) is 0 Å². The van der Waals surface area contributed by atoms with Crippen molar-refractivity contribution in [3.05, 3.63) is 0 Å². The minimum atomic E-state index is -0.704. The van der Waals surface area contributed by atoms with Crippen LogP contribution in [0.3, 0.4) is 0 Å². The summed E-state index contributed by atoms with van der Waals surface area (Å²) in [5, 5.41) is 3.36. The summed E-state index contributed by atoms with van der Waals surface area (Å²) in [5.74, 6) is 1.51. The normalized spacial score (nSPS) is 32.7. The largest absolute Gasteiger partial charge is 0.340 e. The summed E-state index contributed by atoms with van der Waals surface area (Å²) in [6.45, 7) is 3.46. The lowest BCUT2D eigenvalue weighted by atomic mass is 9.98. The maximum absolute atomic E-state index is 12.2. The fourth-order valence-electron chi connectivity index (χ4n) is 2.41. The second-order valence-corrected chi connectivity index (χ2v) is 6.42. The number of hydrogen-bond acceptors (Lipinski definition) is 3. The van der Waals surface area contributed by atoms with Crippen molar-refractivity contribution in [1.29, 1.82) is 0 Å². The third-order valence-electron chi connectivity index (χ3n) is 3.40. The van der Waals surface area contributed by atoms with Crippen molar-refractivity contribution in [3.8, 4) is 0 Å². The molecule has 2 aliphatic rings. The fraction of sp³-hybridized carbons (Fsp3) is 0.909. The van der Waals surface area contributed by atoms with Crippen molar-refractivity contribution in [2.45, 2.75) is 38.3 Å². The molecule has 1 N–H and O–H groups in total. The van der Waals surface area contributed by atoms with Crippen LogP contribution in [0.25, 0.3) is 0 Å². The highest BCUT2D eigenvalue weighted by Gasteiger charge is 2.29. The van der Waals surface area contributed by atoms with Crippen LogP contribution in [0.15, 0.2) is 0 Å². The Hall–Kier alpha value is -0.420. The number of hydrogen-bond donors (Lipinski definition) is 1. The average Bonchev–Trinajstić information content (AvgIpc) is 2.29. The average molecular weight is 244 g/mol. The quantitative estimate of drug-likeness (QED) is 0.712. The highest BCUT2D eigenvalue weighted by molar-refractivity contribution is 7.85. The molecule has 2 fully saturated rings. The van der Waals surface area contributed by atoms with E-state index in [1.807, 2.05) is 4.90 Å². The van der Waals surface area contributed by atoms with Crippen LogP contribution in [0, 0.1) is 0 Å². The van der Waals surface area contributed by atoms with Gasteiger partial charge in [-0.3, -0.25) is 9.00 Å². The predicted molar refractivity (Wildman–Crippen MR) is 64.7 cm³/mol. The lowest BCUT2D eigenvalue weighted by molar-refractivity contribution is -0.134. The lowest BCUT2D eigenvalue weighted by Crippen LogP contribution is -2.54. The number of piperidine rings is 1. The standard InChI is InChI=1S/C11H20N2O2S/c1-9-3-2-4-10(12-9)11(14)13-5-7-16(15)8-6-13/h9-10,12H,2-8H2,1H3. The Kier molecular flexibility index (Phi) is 3.97. The molecule has 5 heteroatoms. The van der Waals surface area contributed by atoms with Gasteiger partial charge in [0.25, 0.3) is 0 Å². The number of nitrogens with zero attached hydrogens (tertiary/aromatic N) is 1. The van der Waals surface area contributed by atoms with Crippen LogP contribution in [0.5, 0.6) is 0 Å². The minimum Gasteiger partial charge on any atom is -0.340 e. The molecule has 2 aliphatic heterocycles. The highest BCUT2D eigenvalue weighted by Crippen LogP contribution is 2.15. The van der Waals surface area contributed by atoms with E-state index in [0.29, 0.717) is 30.6 Å². The number of rotatable bonds is 1. The van der Waals surface area contributed by atoms with E-state index in [-0.39, 0.29) is 11.9 Å². The van der Waals surface area contributed by atoms with Crippen molar-refractivity contribution in [2.24, 2.45) is 0 Å². The summed E-state index contributed by atoms with van der Waals surface area (Å²) in [5.41, 5.74) is 0. The molecular formula is C11H20N2O2S. The zero-order valence-electron chi connectivity index (χ0n) is 9.78. The molecule has 16 heavy (non-hydrogen) atoms. The van der Waals surface area contributed by atoms with Crippen LogP contribution in [-0.2, 0) is 15.6 Å². The Bertz CT molecular complexity index is 286. The van der Waals surface area contributed by atoms with E-state index >= 15 is 0 Å². The monoisotopic (exact) mass is 244 g/mol. The molecule has 0 aromatic heterocycles. The molecule has 0 saturated carbocycles. The number of amides is 1. The Morgan fingerprint density at radius 2 is 2.00 bits per heavy atom. The summed E-state index contributed by atoms with van der Waals surface area (Å²) in [6.07, 6.45) is 3.24. The molecule has 0 radical (unpaired) electrons. The molecule has 2 rings (SSSR count). The molecule has 92 valence electrons. The molecule has 0 spiro atoms. The van der Waals surface area contributed by atoms with Gasteiger partial charge in [-0.15, -0.1) is 0 Å². The summed E-state index contributed by atoms with van der Waals surface area (Å²) in [4.78, 5) is 14.0. The Morgan fingerprint density at radius 3 is 2.62 bits per heavy atom. The highest BCUT2D eigenvalue weighted by atomic mass is 32.2. The molecule has 4 nitrogen and oxygen atoms in total. The molecule has 2 saturated heterocycles. The molecule has 0 bridgehead atoms. The summed E-state index contributed by atoms with van der Waals surface area (Å²) >= 11 is 0. The number of nitrogens with one attached hydrogen (secondary N) is 1. The molecule has 1 amide bonds. The molecule has 2 atom stereocenters. The first-order valence-electron chi connectivity index (χ1n) is 6.06. The summed E-state index contributed by atoms with van der Waals surface area (Å²) < 4.78 is 11.2. The first kappa shape index (κ1) is 12.0. The lowest BCUT2D eigenvalue weighted by Gasteiger charge is -2.34. The SMILES string of the molecule is CC1CCCC(C(=O)N2CCS(=O)CC2)N1. The van der Waals surface area contributed by atoms with Crippen LogP contribution >= 0.6 is 0 Å². The van der Waals surface area contributed by atoms with E-state index in [2.05, 4.69) is 12.2 Å². The minimum absolute atomic E-state index is 0.00437. The van der Waals surface area contributed by atoms with Crippen molar-refractivity contribution in [2.75, 3.05) is 24.6 Å². The molecule has 0 aromatic carbocycles. The Balaban J connectivity index is 1.89. The van der Waals surface area contributed by atoms with Gasteiger partial charge in [-0.05, 0) is 26.2 Å². The first-order chi connectivity index (χ1) is 7.66. The molecule has 0 aliphatic carbocycles. The fourth-order valence-corrected chi connectivity index (χ4v) is 3.46. The third-order valence-corrected chi connectivity index (χ3v) is 4.68. The topological polar surface area (TPSA) is 49.4 Å². The maximum Gasteiger partial charge on any atom is 0.239 e. The molecule has 2 heterocycles. The van der Waals surface area contributed by atoms with Crippen molar-refractivity contribution in [1.82, 2.24) is 10.2 Å². The van der Waals surface area contributed by atoms with E-state index in [9.17, 15) is 9.00 Å². The van der Waals surface area contributed by atoms with Gasteiger partial charge in [0.05, 0.1) is 6.04 Å². The van der Waals surface area contributed by atoms with E-state index in [1.165, 1.54) is 0 Å². The smallest absolute Gasteiger partial charge is 0.239 e. The molecule has 2 unspecified atom stereocenters. The summed E-state index contributed by atoms with van der Waals surface area (Å²) in [6, 6.07) is 0.442. The van der Waals surface area contributed by atoms with Gasteiger partial charge in [0.15, 0.2) is 0 Å². The van der Waals surface area contributed by atoms with Crippen LogP contribution < -0.4 is 5.32 Å². The van der Waals surface area contributed by atoms with Gasteiger partial charge in [-0.2, -0.15) is 0 Å². The van der Waals surface area contributed by atoms with Gasteiger partial charge in [-0.1, -0.05) is 0 Å². The zero-order valence-corrected chi connectivity index (χ0v) is 10.6. The number of carbonyl (C=O) groups excluding carboxylic acids is 1. The van der Waals surface area contributed by atoms with Crippen LogP contribution in [0.2, 0.25) is 0 Å². The van der Waals surface area contributed by atoms with Crippen molar-refractivity contribution < 1.29 is 9.00 Å². The van der Waals surface area contributed by atoms with Crippen LogP contribution in [0.1, 0.15) is 26.2 Å². The second kappa shape index (κ2) is 5.27. The van der Waals surface area contributed by atoms with E-state index in [0.717, 1.165) is 19.3 Å². The Morgan fingerprint density at radius 1 is 1.31 bits per heavy atom. The van der Waals surface area contributed by atoms with Gasteiger partial charge < -0.3 is 10.2 Å². The third kappa shape index (κ3) is 2.83. The van der Waals surface area contributed by atoms with Crippen LogP contribution in [-0.4, -0.2) is 51.7 Å². The molecule has 0 aromatic rings.